The molecule has 0 radical (unpaired) electrons. The summed E-state index contributed by atoms with van der Waals surface area (Å²) < 4.78 is 14.4. The standard InChI is InChI=1S/C31H39N5O6/c1-2-30-15-8-5-11-20-41-29(40)25(30)24-27(38)35(18-9-3-4-10-19-37)26-28(39)34(17-12-16-31(24,26)42-30)21-36-23-14-7-6-13-22(23)32-33-36/h6-8,12-16,24-26,37H,2-5,9-11,17-21H2,1H3/b15-8-/t24-,25-,26?,30+,31-/m0/s1. The summed E-state index contributed by atoms with van der Waals surface area (Å²) in [5.74, 6) is -2.70. The Bertz CT molecular complexity index is 1410. The van der Waals surface area contributed by atoms with Crippen LogP contribution in [0.4, 0.5) is 0 Å². The number of allylic oxidation sites excluding steroid dienone is 1. The Morgan fingerprint density at radius 2 is 1.86 bits per heavy atom. The largest absolute Gasteiger partial charge is 0.465 e. The maximum absolute atomic E-state index is 14.6. The van der Waals surface area contributed by atoms with Crippen molar-refractivity contribution in [3.8, 4) is 0 Å². The van der Waals surface area contributed by atoms with Crippen molar-refractivity contribution in [2.45, 2.75) is 75.8 Å². The van der Waals surface area contributed by atoms with Crippen molar-refractivity contribution < 1.29 is 29.0 Å². The number of aliphatic hydroxyl groups excluding tert-OH is 1. The minimum atomic E-state index is -1.32. The van der Waals surface area contributed by atoms with E-state index in [0.29, 0.717) is 38.8 Å². The molecule has 1 spiro atoms. The molecule has 0 bridgehead atoms. The predicted molar refractivity (Wildman–Crippen MR) is 153 cm³/mol. The zero-order valence-corrected chi connectivity index (χ0v) is 24.1. The molecule has 2 fully saturated rings. The normalized spacial score (nSPS) is 31.7. The van der Waals surface area contributed by atoms with Crippen LogP contribution in [0.25, 0.3) is 11.0 Å². The minimum Gasteiger partial charge on any atom is -0.465 e. The van der Waals surface area contributed by atoms with Crippen molar-refractivity contribution in [1.82, 2.24) is 24.8 Å². The maximum atomic E-state index is 14.6. The quantitative estimate of drug-likeness (QED) is 0.274. The lowest BCUT2D eigenvalue weighted by Crippen LogP contribution is -2.56. The zero-order valence-electron chi connectivity index (χ0n) is 24.1. The van der Waals surface area contributed by atoms with Crippen LogP contribution in [0.1, 0.15) is 51.9 Å². The molecule has 4 aliphatic heterocycles. The summed E-state index contributed by atoms with van der Waals surface area (Å²) in [6.45, 7) is 3.15. The minimum absolute atomic E-state index is 0.121. The van der Waals surface area contributed by atoms with Crippen LogP contribution in [0.5, 0.6) is 0 Å². The fourth-order valence-electron chi connectivity index (χ4n) is 7.22. The molecule has 1 aromatic heterocycles. The van der Waals surface area contributed by atoms with Gasteiger partial charge < -0.3 is 24.4 Å². The number of para-hydroxylation sites is 1. The van der Waals surface area contributed by atoms with E-state index in [1.54, 1.807) is 14.5 Å². The lowest BCUT2D eigenvalue weighted by molar-refractivity contribution is -0.161. The topological polar surface area (TPSA) is 127 Å². The van der Waals surface area contributed by atoms with Gasteiger partial charge in [0.15, 0.2) is 0 Å². The molecule has 6 rings (SSSR count). The molecule has 2 amide bonds. The second kappa shape index (κ2) is 11.6. The van der Waals surface area contributed by atoms with Gasteiger partial charge >= 0.3 is 5.97 Å². The van der Waals surface area contributed by atoms with Gasteiger partial charge in [-0.15, -0.1) is 5.10 Å². The monoisotopic (exact) mass is 577 g/mol. The first-order valence-corrected chi connectivity index (χ1v) is 15.2. The number of likely N-dealkylation sites (tertiary alicyclic amines) is 1. The molecule has 2 saturated heterocycles. The molecule has 0 aliphatic carbocycles. The van der Waals surface area contributed by atoms with Gasteiger partial charge in [-0.25, -0.2) is 4.68 Å². The van der Waals surface area contributed by atoms with Crippen molar-refractivity contribution >= 4 is 28.8 Å². The van der Waals surface area contributed by atoms with E-state index in [0.717, 1.165) is 30.3 Å². The van der Waals surface area contributed by atoms with E-state index >= 15 is 0 Å². The van der Waals surface area contributed by atoms with E-state index in [-0.39, 0.29) is 31.7 Å². The average molecular weight is 578 g/mol. The van der Waals surface area contributed by atoms with Crippen LogP contribution in [0.2, 0.25) is 0 Å². The molecule has 11 nitrogen and oxygen atoms in total. The Morgan fingerprint density at radius 3 is 2.69 bits per heavy atom. The molecule has 5 heterocycles. The Balaban J connectivity index is 1.39. The fraction of sp³-hybridized carbons (Fsp3) is 0.581. The van der Waals surface area contributed by atoms with Crippen molar-refractivity contribution in [3.63, 3.8) is 0 Å². The molecular weight excluding hydrogens is 538 g/mol. The number of amides is 2. The molecule has 1 unspecified atom stereocenters. The van der Waals surface area contributed by atoms with Gasteiger partial charge in [-0.3, -0.25) is 14.4 Å². The van der Waals surface area contributed by atoms with Crippen LogP contribution >= 0.6 is 0 Å². The number of nitrogens with zero attached hydrogens (tertiary/aromatic N) is 5. The van der Waals surface area contributed by atoms with Crippen LogP contribution < -0.4 is 0 Å². The van der Waals surface area contributed by atoms with Crippen molar-refractivity contribution in [3.05, 3.63) is 48.6 Å². The second-order valence-corrected chi connectivity index (χ2v) is 11.7. The number of ether oxygens (including phenoxy) is 2. The number of hydrogen-bond acceptors (Lipinski definition) is 8. The highest BCUT2D eigenvalue weighted by atomic mass is 16.6. The van der Waals surface area contributed by atoms with Gasteiger partial charge in [0, 0.05) is 19.7 Å². The van der Waals surface area contributed by atoms with Gasteiger partial charge in [0.1, 0.15) is 35.3 Å². The van der Waals surface area contributed by atoms with Gasteiger partial charge in [0.05, 0.1) is 18.0 Å². The number of aromatic nitrogens is 3. The summed E-state index contributed by atoms with van der Waals surface area (Å²) in [4.78, 5) is 46.0. The number of hydrogen-bond donors (Lipinski definition) is 1. The molecule has 1 N–H and O–H groups in total. The van der Waals surface area contributed by atoms with Crippen molar-refractivity contribution in [2.75, 3.05) is 26.3 Å². The predicted octanol–water partition coefficient (Wildman–Crippen LogP) is 2.59. The fourth-order valence-corrected chi connectivity index (χ4v) is 7.22. The Hall–Kier alpha value is -3.57. The SMILES string of the molecule is CC[C@@]12/C=C\CCCOC(=O)[C@@H]1[C@H]1C(=O)N(CCCCCCO)C3C(=O)N(Cn4nnc5ccccc54)CC=C[C@@]31O2. The third-order valence-electron chi connectivity index (χ3n) is 9.25. The number of rotatable bonds is 9. The molecule has 4 aliphatic rings. The van der Waals surface area contributed by atoms with Gasteiger partial charge in [0.2, 0.25) is 5.91 Å². The highest BCUT2D eigenvalue weighted by Gasteiger charge is 2.75. The number of cyclic esters (lactones) is 1. The smallest absolute Gasteiger partial charge is 0.313 e. The van der Waals surface area contributed by atoms with Gasteiger partial charge in [0.25, 0.3) is 5.91 Å². The van der Waals surface area contributed by atoms with E-state index in [4.69, 9.17) is 9.47 Å². The number of unbranched alkanes of at least 4 members (excludes halogenated alkanes) is 3. The lowest BCUT2D eigenvalue weighted by Gasteiger charge is -2.38. The highest BCUT2D eigenvalue weighted by molar-refractivity contribution is 5.99. The summed E-state index contributed by atoms with van der Waals surface area (Å²) in [5.41, 5.74) is -0.843. The first-order chi connectivity index (χ1) is 20.5. The van der Waals surface area contributed by atoms with E-state index in [9.17, 15) is 19.5 Å². The van der Waals surface area contributed by atoms with E-state index < -0.39 is 35.0 Å². The summed E-state index contributed by atoms with van der Waals surface area (Å²) >= 11 is 0. The van der Waals surface area contributed by atoms with Crippen LogP contribution in [0.3, 0.4) is 0 Å². The molecule has 11 heteroatoms. The number of carbonyl (C=O) groups excluding carboxylic acids is 3. The Morgan fingerprint density at radius 1 is 1.02 bits per heavy atom. The summed E-state index contributed by atoms with van der Waals surface area (Å²) in [6.07, 6.45) is 12.6. The first-order valence-electron chi connectivity index (χ1n) is 15.2. The van der Waals surface area contributed by atoms with Gasteiger partial charge in [-0.2, -0.15) is 0 Å². The van der Waals surface area contributed by atoms with Crippen LogP contribution in [0.15, 0.2) is 48.6 Å². The number of benzene rings is 1. The van der Waals surface area contributed by atoms with E-state index in [1.807, 2.05) is 55.5 Å². The van der Waals surface area contributed by atoms with Crippen molar-refractivity contribution in [1.29, 1.82) is 0 Å². The highest BCUT2D eigenvalue weighted by Crippen LogP contribution is 2.58. The van der Waals surface area contributed by atoms with Crippen LogP contribution in [-0.2, 0) is 30.5 Å². The van der Waals surface area contributed by atoms with Gasteiger partial charge in [-0.05, 0) is 44.2 Å². The Kier molecular flexibility index (Phi) is 7.89. The third-order valence-corrected chi connectivity index (χ3v) is 9.25. The molecule has 224 valence electrons. The summed E-state index contributed by atoms with van der Waals surface area (Å²) in [5, 5.41) is 17.7. The number of carbonyl (C=O) groups is 3. The average Bonchev–Trinajstić information content (AvgIpc) is 3.58. The zero-order chi connectivity index (χ0) is 29.3. The maximum Gasteiger partial charge on any atom is 0.313 e. The molecular formula is C31H39N5O6. The number of fused-ring (bicyclic) bond motifs is 3. The van der Waals surface area contributed by atoms with Gasteiger partial charge in [-0.1, -0.05) is 61.4 Å². The number of esters is 1. The molecule has 42 heavy (non-hydrogen) atoms. The van der Waals surface area contributed by atoms with E-state index in [1.165, 1.54) is 0 Å². The molecule has 2 aromatic rings. The Labute approximate surface area is 245 Å². The second-order valence-electron chi connectivity index (χ2n) is 11.7. The molecule has 5 atom stereocenters. The summed E-state index contributed by atoms with van der Waals surface area (Å²) in [7, 11) is 0. The number of aliphatic hydroxyl groups is 1. The summed E-state index contributed by atoms with van der Waals surface area (Å²) in [6, 6.07) is 6.62. The lowest BCUT2D eigenvalue weighted by atomic mass is 9.73. The molecule has 0 saturated carbocycles. The van der Waals surface area contributed by atoms with E-state index in [2.05, 4.69) is 10.3 Å². The third kappa shape index (κ3) is 4.63. The first kappa shape index (κ1) is 28.5. The van der Waals surface area contributed by atoms with Crippen molar-refractivity contribution in [2.24, 2.45) is 11.8 Å². The molecule has 1 aromatic carbocycles. The van der Waals surface area contributed by atoms with Crippen LogP contribution in [-0.4, -0.2) is 91.2 Å². The van der Waals surface area contributed by atoms with Crippen LogP contribution in [0, 0.1) is 11.8 Å².